The Morgan fingerprint density at radius 1 is 1.30 bits per heavy atom. The van der Waals surface area contributed by atoms with Crippen LogP contribution < -0.4 is 5.32 Å². The second kappa shape index (κ2) is 6.56. The molecule has 1 spiro atoms. The van der Waals surface area contributed by atoms with Crippen molar-refractivity contribution in [3.05, 3.63) is 23.7 Å². The largest absolute Gasteiger partial charge is 0.501 e. The fourth-order valence-electron chi connectivity index (χ4n) is 4.17. The lowest BCUT2D eigenvalue weighted by atomic mass is 9.77. The van der Waals surface area contributed by atoms with Crippen LogP contribution in [0, 0.1) is 11.3 Å². The molecule has 23 heavy (non-hydrogen) atoms. The summed E-state index contributed by atoms with van der Waals surface area (Å²) in [7, 11) is 3.39. The summed E-state index contributed by atoms with van der Waals surface area (Å²) in [5, 5.41) is 3.35. The van der Waals surface area contributed by atoms with Gasteiger partial charge in [-0.15, -0.1) is 0 Å². The summed E-state index contributed by atoms with van der Waals surface area (Å²) in [6.45, 7) is 4.87. The molecule has 0 bridgehead atoms. The van der Waals surface area contributed by atoms with E-state index in [0.717, 1.165) is 56.8 Å². The molecule has 1 amide bonds. The zero-order valence-electron chi connectivity index (χ0n) is 14.4. The normalized spacial score (nSPS) is 33.9. The van der Waals surface area contributed by atoms with E-state index in [-0.39, 0.29) is 11.8 Å². The van der Waals surface area contributed by atoms with Gasteiger partial charge in [-0.2, -0.15) is 0 Å². The number of likely N-dealkylation sites (tertiary alicyclic amines) is 1. The van der Waals surface area contributed by atoms with Gasteiger partial charge in [0.15, 0.2) is 0 Å². The van der Waals surface area contributed by atoms with Crippen molar-refractivity contribution in [2.45, 2.75) is 38.6 Å². The van der Waals surface area contributed by atoms with Gasteiger partial charge in [0.05, 0.1) is 25.6 Å². The van der Waals surface area contributed by atoms with Gasteiger partial charge in [0, 0.05) is 19.1 Å². The first-order chi connectivity index (χ1) is 11.1. The summed E-state index contributed by atoms with van der Waals surface area (Å²) in [6, 6.07) is 0.328. The van der Waals surface area contributed by atoms with Crippen LogP contribution in [0.2, 0.25) is 0 Å². The topological polar surface area (TPSA) is 50.8 Å². The lowest BCUT2D eigenvalue weighted by Gasteiger charge is -2.33. The summed E-state index contributed by atoms with van der Waals surface area (Å²) < 4.78 is 11.3. The molecule has 0 aromatic heterocycles. The minimum atomic E-state index is -0.580. The second-order valence-corrected chi connectivity index (χ2v) is 6.78. The third kappa shape index (κ3) is 2.75. The summed E-state index contributed by atoms with van der Waals surface area (Å²) in [6.07, 6.45) is 7.98. The number of hydrogen-bond donors (Lipinski definition) is 1. The molecular weight excluding hydrogens is 292 g/mol. The molecular formula is C18H28N2O3. The fourth-order valence-corrected chi connectivity index (χ4v) is 4.17. The molecule has 2 fully saturated rings. The molecule has 0 radical (unpaired) electrons. The first kappa shape index (κ1) is 16.4. The molecule has 1 aliphatic carbocycles. The smallest absolute Gasteiger partial charge is 0.237 e. The van der Waals surface area contributed by atoms with Gasteiger partial charge in [-0.1, -0.05) is 13.3 Å². The molecule has 2 aliphatic heterocycles. The number of nitrogens with one attached hydrogen (secondary N) is 1. The average molecular weight is 320 g/mol. The number of carbonyl (C=O) groups excluding carboxylic acids is 1. The van der Waals surface area contributed by atoms with E-state index in [0.29, 0.717) is 6.04 Å². The van der Waals surface area contributed by atoms with Crippen LogP contribution in [0.15, 0.2) is 23.7 Å². The van der Waals surface area contributed by atoms with E-state index >= 15 is 0 Å². The first-order valence-corrected chi connectivity index (χ1v) is 8.70. The summed E-state index contributed by atoms with van der Waals surface area (Å²) in [4.78, 5) is 15.2. The van der Waals surface area contributed by atoms with Gasteiger partial charge in [0.25, 0.3) is 0 Å². The van der Waals surface area contributed by atoms with Gasteiger partial charge >= 0.3 is 0 Å². The van der Waals surface area contributed by atoms with Crippen LogP contribution in [-0.4, -0.2) is 50.7 Å². The van der Waals surface area contributed by atoms with Crippen molar-refractivity contribution in [3.63, 3.8) is 0 Å². The van der Waals surface area contributed by atoms with Crippen molar-refractivity contribution in [3.8, 4) is 0 Å². The van der Waals surface area contributed by atoms with Crippen LogP contribution in [0.25, 0.3) is 0 Å². The van der Waals surface area contributed by atoms with Gasteiger partial charge in [0.1, 0.15) is 11.5 Å². The fraction of sp³-hybridized carbons (Fsp3) is 0.722. The number of nitrogens with zero attached hydrogens (tertiary/aromatic N) is 1. The summed E-state index contributed by atoms with van der Waals surface area (Å²) in [5.41, 5.74) is -0.580. The average Bonchev–Trinajstić information content (AvgIpc) is 3.19. The number of rotatable bonds is 5. The molecule has 2 heterocycles. The van der Waals surface area contributed by atoms with Crippen LogP contribution in [0.5, 0.6) is 0 Å². The molecule has 5 nitrogen and oxygen atoms in total. The zero-order chi connectivity index (χ0) is 16.4. The highest BCUT2D eigenvalue weighted by Gasteiger charge is 2.49. The molecule has 3 aliphatic rings. The molecule has 128 valence electrons. The highest BCUT2D eigenvalue weighted by Crippen LogP contribution is 2.45. The van der Waals surface area contributed by atoms with Gasteiger partial charge in [0.2, 0.25) is 5.91 Å². The molecule has 5 heteroatoms. The lowest BCUT2D eigenvalue weighted by molar-refractivity contribution is -0.134. The molecule has 2 saturated heterocycles. The Bertz CT molecular complexity index is 498. The lowest BCUT2D eigenvalue weighted by Crippen LogP contribution is -2.42. The molecule has 0 aromatic carbocycles. The third-order valence-corrected chi connectivity index (χ3v) is 5.44. The Morgan fingerprint density at radius 3 is 2.52 bits per heavy atom. The minimum absolute atomic E-state index is 0.135. The minimum Gasteiger partial charge on any atom is -0.501 e. The standard InChI is InChI=1S/C18H28N2O3/c1-4-5-14-15(22-2)10-18(11-16(14)23-3)7-9-20(17(18)21)13-6-8-19-12-13/h10-11,13-14,19H,4-9,12H2,1-3H3. The number of ether oxygens (including phenoxy) is 2. The van der Waals surface area contributed by atoms with E-state index in [2.05, 4.69) is 24.4 Å². The van der Waals surface area contributed by atoms with Crippen LogP contribution in [0.1, 0.15) is 32.6 Å². The predicted molar refractivity (Wildman–Crippen MR) is 88.6 cm³/mol. The Labute approximate surface area is 138 Å². The Balaban J connectivity index is 1.90. The van der Waals surface area contributed by atoms with E-state index < -0.39 is 5.41 Å². The van der Waals surface area contributed by atoms with Crippen molar-refractivity contribution >= 4 is 5.91 Å². The molecule has 0 aromatic rings. The van der Waals surface area contributed by atoms with Crippen LogP contribution in [0.4, 0.5) is 0 Å². The quantitative estimate of drug-likeness (QED) is 0.842. The number of hydrogen-bond acceptors (Lipinski definition) is 4. The zero-order valence-corrected chi connectivity index (χ0v) is 14.4. The highest BCUT2D eigenvalue weighted by atomic mass is 16.5. The second-order valence-electron chi connectivity index (χ2n) is 6.78. The van der Waals surface area contributed by atoms with Crippen molar-refractivity contribution in [1.29, 1.82) is 0 Å². The van der Waals surface area contributed by atoms with Crippen molar-refractivity contribution < 1.29 is 14.3 Å². The predicted octanol–water partition coefficient (Wildman–Crippen LogP) is 2.06. The van der Waals surface area contributed by atoms with E-state index in [1.54, 1.807) is 14.2 Å². The molecule has 1 atom stereocenters. The van der Waals surface area contributed by atoms with Gasteiger partial charge in [-0.25, -0.2) is 0 Å². The Morgan fingerprint density at radius 2 is 2.00 bits per heavy atom. The van der Waals surface area contributed by atoms with E-state index in [1.165, 1.54) is 0 Å². The molecule has 3 rings (SSSR count). The Kier molecular flexibility index (Phi) is 4.67. The van der Waals surface area contributed by atoms with Crippen LogP contribution >= 0.6 is 0 Å². The van der Waals surface area contributed by atoms with Crippen LogP contribution in [-0.2, 0) is 14.3 Å². The summed E-state index contributed by atoms with van der Waals surface area (Å²) >= 11 is 0. The monoisotopic (exact) mass is 320 g/mol. The van der Waals surface area contributed by atoms with E-state index in [9.17, 15) is 4.79 Å². The van der Waals surface area contributed by atoms with Crippen molar-refractivity contribution in [1.82, 2.24) is 10.2 Å². The molecule has 0 saturated carbocycles. The van der Waals surface area contributed by atoms with Crippen LogP contribution in [0.3, 0.4) is 0 Å². The van der Waals surface area contributed by atoms with Crippen molar-refractivity contribution in [2.75, 3.05) is 33.9 Å². The van der Waals surface area contributed by atoms with Gasteiger partial charge in [-0.3, -0.25) is 4.79 Å². The van der Waals surface area contributed by atoms with E-state index in [4.69, 9.17) is 9.47 Å². The maximum Gasteiger partial charge on any atom is 0.237 e. The van der Waals surface area contributed by atoms with Gasteiger partial charge < -0.3 is 19.7 Å². The highest BCUT2D eigenvalue weighted by molar-refractivity contribution is 5.89. The number of carbonyl (C=O) groups is 1. The summed E-state index contributed by atoms with van der Waals surface area (Å²) in [5.74, 6) is 2.10. The maximum absolute atomic E-state index is 13.2. The van der Waals surface area contributed by atoms with Crippen molar-refractivity contribution in [2.24, 2.45) is 11.3 Å². The van der Waals surface area contributed by atoms with E-state index in [1.807, 2.05) is 4.90 Å². The third-order valence-electron chi connectivity index (χ3n) is 5.44. The van der Waals surface area contributed by atoms with Gasteiger partial charge in [-0.05, 0) is 38.0 Å². The molecule has 1 unspecified atom stereocenters. The molecule has 1 N–H and O–H groups in total. The number of methoxy groups -OCH3 is 2. The first-order valence-electron chi connectivity index (χ1n) is 8.70. The maximum atomic E-state index is 13.2. The Hall–Kier alpha value is -1.49. The SMILES string of the molecule is CCCC1C(OC)=CC2(C=C1OC)CCN(C1CCNC1)C2=O. The number of amides is 1.